The van der Waals surface area contributed by atoms with E-state index in [1.807, 2.05) is 0 Å². The van der Waals surface area contributed by atoms with Crippen LogP contribution in [0.4, 0.5) is 9.18 Å². The molecule has 7 nitrogen and oxygen atoms in total. The molecule has 1 N–H and O–H groups in total. The number of H-pyrrole nitrogens is 1. The molecule has 0 atom stereocenters. The third-order valence-corrected chi connectivity index (χ3v) is 4.45. The van der Waals surface area contributed by atoms with Crippen molar-refractivity contribution in [3.05, 3.63) is 46.4 Å². The van der Waals surface area contributed by atoms with E-state index in [1.165, 1.54) is 10.6 Å². The molecule has 1 aromatic carbocycles. The third-order valence-electron chi connectivity index (χ3n) is 4.45. The maximum absolute atomic E-state index is 14.0. The average Bonchev–Trinajstić information content (AvgIpc) is 2.96. The van der Waals surface area contributed by atoms with Gasteiger partial charge in [-0.3, -0.25) is 0 Å². The minimum absolute atomic E-state index is 0.195. The number of rotatable bonds is 4. The fourth-order valence-corrected chi connectivity index (χ4v) is 3.14. The number of amides is 1. The number of para-hydroxylation sites is 1. The summed E-state index contributed by atoms with van der Waals surface area (Å²) >= 11 is 0. The molecule has 0 radical (unpaired) electrons. The molecule has 2 heterocycles. The van der Waals surface area contributed by atoms with E-state index < -0.39 is 11.5 Å². The second-order valence-corrected chi connectivity index (χ2v) is 6.07. The zero-order chi connectivity index (χ0) is 17.8. The van der Waals surface area contributed by atoms with E-state index in [0.29, 0.717) is 31.9 Å². The Balaban J connectivity index is 1.71. The molecular weight excluding hydrogens is 327 g/mol. The summed E-state index contributed by atoms with van der Waals surface area (Å²) in [5.41, 5.74) is -0.260. The molecule has 1 aliphatic heterocycles. The standard InChI is InChI=1S/C17H21FN4O3/c1-2-25-17(24)21-9-7-12(8-10-21)11-15-19-20-16(23)22(15)14-6-4-3-5-13(14)18/h3-6,12H,2,7-11H2,1H3,(H,20,23). The molecule has 1 saturated heterocycles. The average molecular weight is 348 g/mol. The van der Waals surface area contributed by atoms with Crippen LogP contribution in [0.3, 0.4) is 0 Å². The Kier molecular flexibility index (Phi) is 5.16. The highest BCUT2D eigenvalue weighted by Gasteiger charge is 2.25. The lowest BCUT2D eigenvalue weighted by atomic mass is 9.93. The van der Waals surface area contributed by atoms with Gasteiger partial charge in [0.1, 0.15) is 11.6 Å². The number of nitrogens with zero attached hydrogens (tertiary/aromatic N) is 3. The van der Waals surface area contributed by atoms with Gasteiger partial charge in [-0.15, -0.1) is 0 Å². The Morgan fingerprint density at radius 1 is 1.36 bits per heavy atom. The van der Waals surface area contributed by atoms with Crippen LogP contribution < -0.4 is 5.69 Å². The minimum Gasteiger partial charge on any atom is -0.450 e. The Bertz CT molecular complexity index is 793. The van der Waals surface area contributed by atoms with E-state index in [2.05, 4.69) is 10.2 Å². The summed E-state index contributed by atoms with van der Waals surface area (Å²) in [7, 11) is 0. The van der Waals surface area contributed by atoms with Gasteiger partial charge in [-0.25, -0.2) is 23.6 Å². The van der Waals surface area contributed by atoms with Gasteiger partial charge < -0.3 is 9.64 Å². The van der Waals surface area contributed by atoms with Crippen molar-refractivity contribution in [3.63, 3.8) is 0 Å². The normalized spacial score (nSPS) is 15.4. The van der Waals surface area contributed by atoms with Crippen molar-refractivity contribution in [3.8, 4) is 5.69 Å². The van der Waals surface area contributed by atoms with E-state index in [9.17, 15) is 14.0 Å². The Labute approximate surface area is 144 Å². The summed E-state index contributed by atoms with van der Waals surface area (Å²) in [6, 6.07) is 6.13. The summed E-state index contributed by atoms with van der Waals surface area (Å²) < 4.78 is 20.3. The number of carbonyl (C=O) groups is 1. The van der Waals surface area contributed by atoms with Crippen LogP contribution in [0.15, 0.2) is 29.1 Å². The Hall–Kier alpha value is -2.64. The van der Waals surface area contributed by atoms with Crippen LogP contribution in [-0.2, 0) is 11.2 Å². The van der Waals surface area contributed by atoms with E-state index in [0.717, 1.165) is 12.8 Å². The van der Waals surface area contributed by atoms with Crippen molar-refractivity contribution in [2.24, 2.45) is 5.92 Å². The van der Waals surface area contributed by atoms with Gasteiger partial charge in [-0.05, 0) is 37.8 Å². The molecule has 8 heteroatoms. The Morgan fingerprint density at radius 3 is 2.76 bits per heavy atom. The van der Waals surface area contributed by atoms with E-state index in [-0.39, 0.29) is 17.7 Å². The van der Waals surface area contributed by atoms with Gasteiger partial charge in [0.25, 0.3) is 0 Å². The van der Waals surface area contributed by atoms with Gasteiger partial charge in [0.15, 0.2) is 0 Å². The summed E-state index contributed by atoms with van der Waals surface area (Å²) in [4.78, 5) is 25.5. The van der Waals surface area contributed by atoms with Crippen LogP contribution in [-0.4, -0.2) is 45.5 Å². The number of piperidine rings is 1. The highest BCUT2D eigenvalue weighted by molar-refractivity contribution is 5.67. The number of nitrogens with one attached hydrogen (secondary N) is 1. The first-order chi connectivity index (χ1) is 12.1. The van der Waals surface area contributed by atoms with Crippen LogP contribution in [0.5, 0.6) is 0 Å². The largest absolute Gasteiger partial charge is 0.450 e. The first-order valence-corrected chi connectivity index (χ1v) is 8.43. The van der Waals surface area contributed by atoms with Gasteiger partial charge in [0.2, 0.25) is 0 Å². The topological polar surface area (TPSA) is 80.2 Å². The molecule has 0 aliphatic carbocycles. The molecule has 0 saturated carbocycles. The molecular formula is C17H21FN4O3. The fourth-order valence-electron chi connectivity index (χ4n) is 3.14. The molecule has 1 fully saturated rings. The molecule has 1 amide bonds. The van der Waals surface area contributed by atoms with Crippen LogP contribution in [0.25, 0.3) is 5.69 Å². The SMILES string of the molecule is CCOC(=O)N1CCC(Cc2n[nH]c(=O)n2-c2ccccc2F)CC1. The maximum Gasteiger partial charge on any atom is 0.409 e. The monoisotopic (exact) mass is 348 g/mol. The van der Waals surface area contributed by atoms with Crippen molar-refractivity contribution >= 4 is 6.09 Å². The number of likely N-dealkylation sites (tertiary alicyclic amines) is 1. The zero-order valence-electron chi connectivity index (χ0n) is 14.1. The summed E-state index contributed by atoms with van der Waals surface area (Å²) in [5.74, 6) is 0.306. The molecule has 0 bridgehead atoms. The van der Waals surface area contributed by atoms with Crippen LogP contribution >= 0.6 is 0 Å². The second-order valence-electron chi connectivity index (χ2n) is 6.07. The summed E-state index contributed by atoms with van der Waals surface area (Å²) in [6.45, 7) is 3.36. The van der Waals surface area contributed by atoms with Gasteiger partial charge in [0, 0.05) is 19.5 Å². The quantitative estimate of drug-likeness (QED) is 0.918. The van der Waals surface area contributed by atoms with E-state index in [1.54, 1.807) is 30.0 Å². The number of hydrogen-bond donors (Lipinski definition) is 1. The lowest BCUT2D eigenvalue weighted by Gasteiger charge is -2.31. The number of halogens is 1. The molecule has 134 valence electrons. The smallest absolute Gasteiger partial charge is 0.409 e. The lowest BCUT2D eigenvalue weighted by Crippen LogP contribution is -2.39. The van der Waals surface area contributed by atoms with Gasteiger partial charge in [0.05, 0.1) is 12.3 Å². The molecule has 3 rings (SSSR count). The number of aromatic amines is 1. The number of ether oxygens (including phenoxy) is 1. The number of aromatic nitrogens is 3. The number of benzene rings is 1. The fraction of sp³-hybridized carbons (Fsp3) is 0.471. The van der Waals surface area contributed by atoms with Crippen molar-refractivity contribution in [1.82, 2.24) is 19.7 Å². The van der Waals surface area contributed by atoms with Gasteiger partial charge in [-0.1, -0.05) is 12.1 Å². The van der Waals surface area contributed by atoms with E-state index in [4.69, 9.17) is 4.74 Å². The van der Waals surface area contributed by atoms with Crippen LogP contribution in [0, 0.1) is 11.7 Å². The predicted octanol–water partition coefficient (Wildman–Crippen LogP) is 2.11. The van der Waals surface area contributed by atoms with Crippen molar-refractivity contribution in [2.75, 3.05) is 19.7 Å². The van der Waals surface area contributed by atoms with Gasteiger partial charge >= 0.3 is 11.8 Å². The first kappa shape index (κ1) is 17.2. The van der Waals surface area contributed by atoms with Crippen molar-refractivity contribution < 1.29 is 13.9 Å². The zero-order valence-corrected chi connectivity index (χ0v) is 14.1. The third kappa shape index (κ3) is 3.72. The van der Waals surface area contributed by atoms with Crippen LogP contribution in [0.2, 0.25) is 0 Å². The summed E-state index contributed by atoms with van der Waals surface area (Å²) in [5, 5.41) is 6.47. The second kappa shape index (κ2) is 7.50. The summed E-state index contributed by atoms with van der Waals surface area (Å²) in [6.07, 6.45) is 1.84. The molecule has 1 aliphatic rings. The molecule has 0 unspecified atom stereocenters. The molecule has 25 heavy (non-hydrogen) atoms. The molecule has 2 aromatic rings. The predicted molar refractivity (Wildman–Crippen MR) is 89.2 cm³/mol. The Morgan fingerprint density at radius 2 is 2.08 bits per heavy atom. The lowest BCUT2D eigenvalue weighted by molar-refractivity contribution is 0.0916. The van der Waals surface area contributed by atoms with Crippen molar-refractivity contribution in [1.29, 1.82) is 0 Å². The minimum atomic E-state index is -0.468. The van der Waals surface area contributed by atoms with Crippen LogP contribution in [0.1, 0.15) is 25.6 Å². The number of hydrogen-bond acceptors (Lipinski definition) is 4. The molecule has 0 spiro atoms. The molecule has 1 aromatic heterocycles. The van der Waals surface area contributed by atoms with E-state index >= 15 is 0 Å². The first-order valence-electron chi connectivity index (χ1n) is 8.43. The number of carbonyl (C=O) groups excluding carboxylic acids is 1. The highest BCUT2D eigenvalue weighted by atomic mass is 19.1. The van der Waals surface area contributed by atoms with Crippen molar-refractivity contribution in [2.45, 2.75) is 26.2 Å². The van der Waals surface area contributed by atoms with Gasteiger partial charge in [-0.2, -0.15) is 5.10 Å². The highest BCUT2D eigenvalue weighted by Crippen LogP contribution is 2.22. The maximum atomic E-state index is 14.0.